The maximum atomic E-state index is 13.5. The number of benzene rings is 2. The first kappa shape index (κ1) is 23.0. The van der Waals surface area contributed by atoms with E-state index in [1.54, 1.807) is 10.8 Å². The third kappa shape index (κ3) is 4.43. The Labute approximate surface area is 215 Å². The lowest BCUT2D eigenvalue weighted by molar-refractivity contribution is 0.738. The number of halogens is 1. The van der Waals surface area contributed by atoms with Crippen LogP contribution in [0.1, 0.15) is 43.2 Å². The molecule has 0 saturated heterocycles. The summed E-state index contributed by atoms with van der Waals surface area (Å²) < 4.78 is 1.69. The summed E-state index contributed by atoms with van der Waals surface area (Å²) in [5.74, 6) is 1.06. The fraction of sp³-hybridized carbons (Fsp3) is 0.276. The SMILES string of the molecule is CCn1c(=O)c(-c2ccc(C3CC3)cc2Cl)cc2cnc(Nc3ccc(C4=CCNCC4)cc3)nc21. The highest BCUT2D eigenvalue weighted by Crippen LogP contribution is 2.42. The maximum Gasteiger partial charge on any atom is 0.260 e. The van der Waals surface area contributed by atoms with Crippen LogP contribution in [0.3, 0.4) is 0 Å². The highest BCUT2D eigenvalue weighted by atomic mass is 35.5. The topological polar surface area (TPSA) is 71.8 Å². The van der Waals surface area contributed by atoms with Crippen LogP contribution in [-0.2, 0) is 6.54 Å². The van der Waals surface area contributed by atoms with Gasteiger partial charge in [0.15, 0.2) is 0 Å². The van der Waals surface area contributed by atoms with Crippen molar-refractivity contribution in [1.29, 1.82) is 0 Å². The van der Waals surface area contributed by atoms with E-state index in [9.17, 15) is 4.79 Å². The second kappa shape index (κ2) is 9.52. The van der Waals surface area contributed by atoms with Crippen molar-refractivity contribution in [3.63, 3.8) is 0 Å². The second-order valence-corrected chi connectivity index (χ2v) is 9.89. The van der Waals surface area contributed by atoms with Gasteiger partial charge in [0, 0.05) is 46.5 Å². The Kier molecular flexibility index (Phi) is 6.07. The molecule has 4 aromatic rings. The smallest absolute Gasteiger partial charge is 0.260 e. The largest absolute Gasteiger partial charge is 0.324 e. The molecule has 36 heavy (non-hydrogen) atoms. The Morgan fingerprint density at radius 1 is 1.11 bits per heavy atom. The highest BCUT2D eigenvalue weighted by molar-refractivity contribution is 6.33. The predicted molar refractivity (Wildman–Crippen MR) is 147 cm³/mol. The van der Waals surface area contributed by atoms with Crippen molar-refractivity contribution < 1.29 is 0 Å². The van der Waals surface area contributed by atoms with E-state index >= 15 is 0 Å². The molecule has 6 rings (SSSR count). The Morgan fingerprint density at radius 3 is 2.64 bits per heavy atom. The summed E-state index contributed by atoms with van der Waals surface area (Å²) in [7, 11) is 0. The number of nitrogens with zero attached hydrogens (tertiary/aromatic N) is 3. The van der Waals surface area contributed by atoms with Crippen molar-refractivity contribution in [3.8, 4) is 11.1 Å². The van der Waals surface area contributed by atoms with E-state index in [4.69, 9.17) is 16.6 Å². The van der Waals surface area contributed by atoms with Crippen molar-refractivity contribution in [2.75, 3.05) is 18.4 Å². The first-order valence-electron chi connectivity index (χ1n) is 12.6. The van der Waals surface area contributed by atoms with Crippen LogP contribution in [0, 0.1) is 0 Å². The van der Waals surface area contributed by atoms with Gasteiger partial charge in [0.25, 0.3) is 5.56 Å². The lowest BCUT2D eigenvalue weighted by Crippen LogP contribution is -2.22. The van der Waals surface area contributed by atoms with Crippen LogP contribution in [-0.4, -0.2) is 27.6 Å². The number of aromatic nitrogens is 3. The average molecular weight is 498 g/mol. The summed E-state index contributed by atoms with van der Waals surface area (Å²) in [6, 6.07) is 16.2. The van der Waals surface area contributed by atoms with Gasteiger partial charge in [-0.1, -0.05) is 41.9 Å². The quantitative estimate of drug-likeness (QED) is 0.335. The summed E-state index contributed by atoms with van der Waals surface area (Å²) >= 11 is 6.63. The molecule has 2 N–H and O–H groups in total. The van der Waals surface area contributed by atoms with Crippen LogP contribution in [0.2, 0.25) is 5.02 Å². The maximum absolute atomic E-state index is 13.5. The number of fused-ring (bicyclic) bond motifs is 1. The summed E-state index contributed by atoms with van der Waals surface area (Å²) in [5.41, 5.74) is 6.58. The van der Waals surface area contributed by atoms with Gasteiger partial charge in [-0.3, -0.25) is 9.36 Å². The summed E-state index contributed by atoms with van der Waals surface area (Å²) in [4.78, 5) is 22.7. The van der Waals surface area contributed by atoms with Crippen LogP contribution >= 0.6 is 11.6 Å². The minimum Gasteiger partial charge on any atom is -0.324 e. The molecule has 1 fully saturated rings. The van der Waals surface area contributed by atoms with Gasteiger partial charge in [-0.25, -0.2) is 4.98 Å². The molecule has 2 aromatic carbocycles. The summed E-state index contributed by atoms with van der Waals surface area (Å²) in [6.07, 6.45) is 7.46. The molecule has 1 aliphatic carbocycles. The van der Waals surface area contributed by atoms with E-state index in [0.717, 1.165) is 36.1 Å². The molecule has 1 aliphatic heterocycles. The molecule has 2 aromatic heterocycles. The average Bonchev–Trinajstić information content (AvgIpc) is 3.75. The fourth-order valence-corrected chi connectivity index (χ4v) is 5.20. The molecule has 6 nitrogen and oxygen atoms in total. The number of pyridine rings is 1. The van der Waals surface area contributed by atoms with E-state index in [-0.39, 0.29) is 5.56 Å². The van der Waals surface area contributed by atoms with Gasteiger partial charge in [0.05, 0.1) is 0 Å². The molecule has 0 spiro atoms. The van der Waals surface area contributed by atoms with Gasteiger partial charge in [-0.2, -0.15) is 4.98 Å². The zero-order chi connectivity index (χ0) is 24.6. The highest BCUT2D eigenvalue weighted by Gasteiger charge is 2.24. The zero-order valence-corrected chi connectivity index (χ0v) is 21.0. The van der Waals surface area contributed by atoms with Gasteiger partial charge in [0.2, 0.25) is 5.95 Å². The number of rotatable bonds is 6. The lowest BCUT2D eigenvalue weighted by atomic mass is 10.0. The fourth-order valence-electron chi connectivity index (χ4n) is 4.91. The molecule has 182 valence electrons. The molecule has 2 aliphatic rings. The molecular formula is C29H28ClN5O. The van der Waals surface area contributed by atoms with Gasteiger partial charge in [-0.15, -0.1) is 0 Å². The Morgan fingerprint density at radius 2 is 1.94 bits per heavy atom. The number of hydrogen-bond acceptors (Lipinski definition) is 5. The number of anilines is 2. The molecule has 0 amide bonds. The van der Waals surface area contributed by atoms with Crippen LogP contribution < -0.4 is 16.2 Å². The van der Waals surface area contributed by atoms with Crippen molar-refractivity contribution in [2.24, 2.45) is 0 Å². The first-order chi connectivity index (χ1) is 17.6. The van der Waals surface area contributed by atoms with Crippen LogP contribution in [0.15, 0.2) is 65.6 Å². The van der Waals surface area contributed by atoms with E-state index in [1.807, 2.05) is 37.3 Å². The first-order valence-corrected chi connectivity index (χ1v) is 13.0. The third-order valence-corrected chi connectivity index (χ3v) is 7.36. The lowest BCUT2D eigenvalue weighted by Gasteiger charge is -2.15. The van der Waals surface area contributed by atoms with Gasteiger partial charge in [-0.05, 0) is 79.6 Å². The van der Waals surface area contributed by atoms with Crippen LogP contribution in [0.25, 0.3) is 27.7 Å². The molecule has 0 atom stereocenters. The van der Waals surface area contributed by atoms with E-state index in [2.05, 4.69) is 39.9 Å². The van der Waals surface area contributed by atoms with Crippen LogP contribution in [0.5, 0.6) is 0 Å². The monoisotopic (exact) mass is 497 g/mol. The molecule has 0 radical (unpaired) electrons. The zero-order valence-electron chi connectivity index (χ0n) is 20.2. The molecule has 1 saturated carbocycles. The van der Waals surface area contributed by atoms with E-state index in [1.165, 1.54) is 29.5 Å². The number of nitrogens with one attached hydrogen (secondary N) is 2. The number of aryl methyl sites for hydroxylation is 1. The summed E-state index contributed by atoms with van der Waals surface area (Å²) in [6.45, 7) is 4.37. The Bertz CT molecular complexity index is 1540. The Balaban J connectivity index is 1.32. The van der Waals surface area contributed by atoms with Crippen molar-refractivity contribution in [1.82, 2.24) is 19.9 Å². The number of hydrogen-bond donors (Lipinski definition) is 2. The molecule has 0 unspecified atom stereocenters. The van der Waals surface area contributed by atoms with Crippen molar-refractivity contribution in [3.05, 3.63) is 87.3 Å². The van der Waals surface area contributed by atoms with Gasteiger partial charge in [0.1, 0.15) is 5.65 Å². The second-order valence-electron chi connectivity index (χ2n) is 9.48. The third-order valence-electron chi connectivity index (χ3n) is 7.05. The normalized spacial score (nSPS) is 15.7. The van der Waals surface area contributed by atoms with Gasteiger partial charge < -0.3 is 10.6 Å². The molecule has 3 heterocycles. The molecule has 7 heteroatoms. The summed E-state index contributed by atoms with van der Waals surface area (Å²) in [5, 5.41) is 8.04. The standard InChI is InChI=1S/C29H28ClN5O/c1-2-35-27-22(15-25(28(35)36)24-10-7-21(16-26(24)30)19-3-4-19)17-32-29(34-27)33-23-8-5-18(6-9-23)20-11-13-31-14-12-20/h5-11,15-17,19,31H,2-4,12-14H2,1H3,(H,32,33,34). The predicted octanol–water partition coefficient (Wildman–Crippen LogP) is 6.13. The van der Waals surface area contributed by atoms with Crippen LogP contribution in [0.4, 0.5) is 11.6 Å². The Hall–Kier alpha value is -3.48. The van der Waals surface area contributed by atoms with E-state index in [0.29, 0.717) is 34.6 Å². The minimum absolute atomic E-state index is 0.102. The van der Waals surface area contributed by atoms with Gasteiger partial charge >= 0.3 is 0 Å². The minimum atomic E-state index is -0.102. The van der Waals surface area contributed by atoms with Crippen molar-refractivity contribution >= 4 is 39.8 Å². The molecule has 0 bridgehead atoms. The van der Waals surface area contributed by atoms with Crippen molar-refractivity contribution in [2.45, 2.75) is 38.6 Å². The van der Waals surface area contributed by atoms with E-state index < -0.39 is 0 Å². The molecular weight excluding hydrogens is 470 g/mol.